The van der Waals surface area contributed by atoms with E-state index < -0.39 is 11.6 Å². The molecule has 3 rings (SSSR count). The quantitative estimate of drug-likeness (QED) is 0.191. The molecule has 0 atom stereocenters. The van der Waals surface area contributed by atoms with Gasteiger partial charge < -0.3 is 0 Å². The minimum atomic E-state index is -0.772. The lowest BCUT2D eigenvalue weighted by molar-refractivity contribution is 0.514. The Labute approximate surface area is 211 Å². The van der Waals surface area contributed by atoms with E-state index >= 15 is 8.78 Å². The lowest BCUT2D eigenvalue weighted by atomic mass is 9.96. The number of benzene rings is 3. The Morgan fingerprint density at radius 2 is 0.771 bits per heavy atom. The second-order valence-corrected chi connectivity index (χ2v) is 9.86. The Bertz CT molecular complexity index is 1000. The Morgan fingerprint density at radius 3 is 1.14 bits per heavy atom. The van der Waals surface area contributed by atoms with Crippen molar-refractivity contribution in [1.82, 2.24) is 0 Å². The van der Waals surface area contributed by atoms with Crippen molar-refractivity contribution < 1.29 is 8.78 Å². The van der Waals surface area contributed by atoms with Gasteiger partial charge in [-0.3, -0.25) is 0 Å². The zero-order valence-corrected chi connectivity index (χ0v) is 21.7. The van der Waals surface area contributed by atoms with E-state index in [-0.39, 0.29) is 0 Å². The molecule has 0 aliphatic rings. The maximum atomic E-state index is 15.1. The molecule has 3 aromatic carbocycles. The molecular weight excluding hydrogens is 434 g/mol. The Kier molecular flexibility index (Phi) is 11.5. The second-order valence-electron chi connectivity index (χ2n) is 9.86. The average molecular weight is 477 g/mol. The van der Waals surface area contributed by atoms with Crippen molar-refractivity contribution in [2.24, 2.45) is 0 Å². The molecule has 0 unspecified atom stereocenters. The maximum absolute atomic E-state index is 15.1. The molecule has 0 amide bonds. The molecule has 0 aliphatic heterocycles. The topological polar surface area (TPSA) is 0 Å². The molecule has 0 radical (unpaired) electrons. The van der Waals surface area contributed by atoms with Gasteiger partial charge in [0.15, 0.2) is 11.6 Å². The number of hydrogen-bond acceptors (Lipinski definition) is 0. The van der Waals surface area contributed by atoms with E-state index in [4.69, 9.17) is 0 Å². The summed E-state index contributed by atoms with van der Waals surface area (Å²) in [5.74, 6) is -1.54. The zero-order chi connectivity index (χ0) is 24.9. The van der Waals surface area contributed by atoms with Crippen molar-refractivity contribution in [2.45, 2.75) is 97.3 Å². The minimum absolute atomic E-state index is 0.320. The van der Waals surface area contributed by atoms with E-state index in [1.807, 2.05) is 48.5 Å². The van der Waals surface area contributed by atoms with Gasteiger partial charge in [0.25, 0.3) is 0 Å². The summed E-state index contributed by atoms with van der Waals surface area (Å²) in [6, 6.07) is 19.3. The van der Waals surface area contributed by atoms with E-state index in [2.05, 4.69) is 13.8 Å². The van der Waals surface area contributed by atoms with Crippen LogP contribution in [0.2, 0.25) is 0 Å². The Hall–Kier alpha value is -2.48. The van der Waals surface area contributed by atoms with Gasteiger partial charge in [-0.25, -0.2) is 8.78 Å². The van der Waals surface area contributed by atoms with Gasteiger partial charge in [0.2, 0.25) is 0 Å². The first-order chi connectivity index (χ1) is 17.1. The summed E-state index contributed by atoms with van der Waals surface area (Å²) in [5, 5.41) is 0. The van der Waals surface area contributed by atoms with Gasteiger partial charge in [-0.05, 0) is 47.9 Å². The molecule has 0 heterocycles. The molecule has 0 aromatic heterocycles. The molecule has 0 aliphatic carbocycles. The fourth-order valence-corrected chi connectivity index (χ4v) is 4.74. The van der Waals surface area contributed by atoms with E-state index in [0.29, 0.717) is 11.1 Å². The van der Waals surface area contributed by atoms with Crippen LogP contribution in [0.15, 0.2) is 60.7 Å². The van der Waals surface area contributed by atoms with E-state index in [9.17, 15) is 0 Å². The van der Waals surface area contributed by atoms with Crippen LogP contribution in [0.4, 0.5) is 8.78 Å². The summed E-state index contributed by atoms with van der Waals surface area (Å²) >= 11 is 0. The summed E-state index contributed by atoms with van der Waals surface area (Å²) < 4.78 is 30.1. The van der Waals surface area contributed by atoms with Crippen LogP contribution in [0.5, 0.6) is 0 Å². The van der Waals surface area contributed by atoms with E-state index in [0.717, 1.165) is 24.0 Å². The first kappa shape index (κ1) is 27.1. The smallest absolute Gasteiger partial charge is 0.167 e. The Morgan fingerprint density at radius 1 is 0.429 bits per heavy atom. The third-order valence-corrected chi connectivity index (χ3v) is 7.00. The third kappa shape index (κ3) is 8.30. The lowest BCUT2D eigenvalue weighted by Gasteiger charge is -2.11. The standard InChI is InChI=1S/C33H42F2/c1-3-5-7-9-11-13-15-27-18-22-29(23-19-27)31-25-24-30(32(34)33(31)35)28-20-16-26(17-21-28)14-12-10-8-6-4-2/h16-25H,3-15H2,1-2H3. The van der Waals surface area contributed by atoms with Crippen molar-refractivity contribution >= 4 is 0 Å². The first-order valence-corrected chi connectivity index (χ1v) is 13.8. The summed E-state index contributed by atoms with van der Waals surface area (Å²) in [6.45, 7) is 4.46. The van der Waals surface area contributed by atoms with Gasteiger partial charge in [-0.1, -0.05) is 132 Å². The highest BCUT2D eigenvalue weighted by molar-refractivity contribution is 5.72. The molecule has 3 aromatic rings. The maximum Gasteiger partial charge on any atom is 0.167 e. The minimum Gasteiger partial charge on any atom is -0.203 e. The highest BCUT2D eigenvalue weighted by atomic mass is 19.2. The summed E-state index contributed by atoms with van der Waals surface area (Å²) in [4.78, 5) is 0. The van der Waals surface area contributed by atoms with Crippen LogP contribution in [0, 0.1) is 11.6 Å². The van der Waals surface area contributed by atoms with Gasteiger partial charge >= 0.3 is 0 Å². The molecule has 0 N–H and O–H groups in total. The molecular formula is C33H42F2. The van der Waals surface area contributed by atoms with Gasteiger partial charge in [0.05, 0.1) is 0 Å². The summed E-state index contributed by atoms with van der Waals surface area (Å²) in [5.41, 5.74) is 4.59. The SMILES string of the molecule is CCCCCCCCc1ccc(-c2ccc(-c3ccc(CCCCCCC)cc3)c(F)c2F)cc1. The van der Waals surface area contributed by atoms with Gasteiger partial charge in [0, 0.05) is 11.1 Å². The first-order valence-electron chi connectivity index (χ1n) is 13.8. The summed E-state index contributed by atoms with van der Waals surface area (Å²) in [7, 11) is 0. The van der Waals surface area contributed by atoms with Gasteiger partial charge in [-0.15, -0.1) is 0 Å². The van der Waals surface area contributed by atoms with Crippen molar-refractivity contribution in [1.29, 1.82) is 0 Å². The third-order valence-electron chi connectivity index (χ3n) is 7.00. The molecule has 0 bridgehead atoms. The molecule has 35 heavy (non-hydrogen) atoms. The second kappa shape index (κ2) is 14.8. The molecule has 0 saturated carbocycles. The van der Waals surface area contributed by atoms with Crippen LogP contribution >= 0.6 is 0 Å². The molecule has 2 heteroatoms. The van der Waals surface area contributed by atoms with Crippen LogP contribution in [0.3, 0.4) is 0 Å². The van der Waals surface area contributed by atoms with Crippen molar-refractivity contribution in [3.63, 3.8) is 0 Å². The van der Waals surface area contributed by atoms with Crippen LogP contribution in [0.1, 0.15) is 95.6 Å². The molecule has 0 fully saturated rings. The molecule has 0 saturated heterocycles. The summed E-state index contributed by atoms with van der Waals surface area (Å²) in [6.07, 6.45) is 16.0. The highest BCUT2D eigenvalue weighted by Crippen LogP contribution is 2.32. The highest BCUT2D eigenvalue weighted by Gasteiger charge is 2.16. The number of halogens is 2. The van der Waals surface area contributed by atoms with Crippen molar-refractivity contribution in [3.8, 4) is 22.3 Å². The monoisotopic (exact) mass is 476 g/mol. The molecule has 0 nitrogen and oxygen atoms in total. The van der Waals surface area contributed by atoms with Gasteiger partial charge in [0.1, 0.15) is 0 Å². The average Bonchev–Trinajstić information content (AvgIpc) is 2.88. The predicted octanol–water partition coefficient (Wildman–Crippen LogP) is 10.7. The largest absolute Gasteiger partial charge is 0.203 e. The molecule has 188 valence electrons. The molecule has 0 spiro atoms. The van der Waals surface area contributed by atoms with Crippen molar-refractivity contribution in [3.05, 3.63) is 83.4 Å². The van der Waals surface area contributed by atoms with E-state index in [1.165, 1.54) is 81.8 Å². The number of aryl methyl sites for hydroxylation is 2. The fourth-order valence-electron chi connectivity index (χ4n) is 4.74. The zero-order valence-electron chi connectivity index (χ0n) is 21.7. The van der Waals surface area contributed by atoms with Crippen LogP contribution in [-0.2, 0) is 12.8 Å². The fraction of sp³-hybridized carbons (Fsp3) is 0.455. The van der Waals surface area contributed by atoms with Crippen molar-refractivity contribution in [2.75, 3.05) is 0 Å². The number of unbranched alkanes of at least 4 members (excludes halogenated alkanes) is 9. The lowest BCUT2D eigenvalue weighted by Crippen LogP contribution is -1.95. The predicted molar refractivity (Wildman–Crippen MR) is 147 cm³/mol. The van der Waals surface area contributed by atoms with Crippen LogP contribution < -0.4 is 0 Å². The Balaban J connectivity index is 1.60. The normalized spacial score (nSPS) is 11.2. The van der Waals surface area contributed by atoms with Crippen LogP contribution in [-0.4, -0.2) is 0 Å². The van der Waals surface area contributed by atoms with Gasteiger partial charge in [-0.2, -0.15) is 0 Å². The number of hydrogen-bond donors (Lipinski definition) is 0. The van der Waals surface area contributed by atoms with Crippen LogP contribution in [0.25, 0.3) is 22.3 Å². The number of rotatable bonds is 15. The van der Waals surface area contributed by atoms with E-state index in [1.54, 1.807) is 12.1 Å².